The zero-order valence-electron chi connectivity index (χ0n) is 10.2. The van der Waals surface area contributed by atoms with Gasteiger partial charge in [-0.3, -0.25) is 0 Å². The number of nitrogens with two attached hydrogens (primary N) is 1. The molecule has 0 aliphatic carbocycles. The van der Waals surface area contributed by atoms with Crippen LogP contribution in [0, 0.1) is 5.82 Å². The molecule has 0 unspecified atom stereocenters. The molecule has 0 fully saturated rings. The standard InChI is InChI=1S/C12H17FN2O2S/c1-16-6-7-17-5-4-15-11-3-2-9(13)8-10(11)12(14)18/h2-3,8,15H,4-7H2,1H3,(H2,14,18). The Labute approximate surface area is 111 Å². The van der Waals surface area contributed by atoms with Crippen molar-refractivity contribution < 1.29 is 13.9 Å². The van der Waals surface area contributed by atoms with Gasteiger partial charge in [-0.15, -0.1) is 0 Å². The SMILES string of the molecule is COCCOCCNc1ccc(F)cc1C(N)=S. The minimum absolute atomic E-state index is 0.164. The van der Waals surface area contributed by atoms with Gasteiger partial charge in [-0.25, -0.2) is 4.39 Å². The highest BCUT2D eigenvalue weighted by atomic mass is 32.1. The van der Waals surface area contributed by atoms with E-state index in [2.05, 4.69) is 5.32 Å². The Kier molecular flexibility index (Phi) is 6.56. The van der Waals surface area contributed by atoms with Gasteiger partial charge in [0.2, 0.25) is 0 Å². The van der Waals surface area contributed by atoms with Crippen LogP contribution in [0.1, 0.15) is 5.56 Å². The molecule has 0 amide bonds. The molecule has 0 aliphatic rings. The summed E-state index contributed by atoms with van der Waals surface area (Å²) in [6.07, 6.45) is 0. The van der Waals surface area contributed by atoms with Crippen molar-refractivity contribution in [3.63, 3.8) is 0 Å². The molecule has 0 heterocycles. The molecule has 4 nitrogen and oxygen atoms in total. The lowest BCUT2D eigenvalue weighted by molar-refractivity contribution is 0.0759. The lowest BCUT2D eigenvalue weighted by Gasteiger charge is -2.11. The Morgan fingerprint density at radius 2 is 2.17 bits per heavy atom. The maximum Gasteiger partial charge on any atom is 0.124 e. The van der Waals surface area contributed by atoms with Gasteiger partial charge in [-0.05, 0) is 18.2 Å². The van der Waals surface area contributed by atoms with Crippen molar-refractivity contribution in [1.29, 1.82) is 0 Å². The van der Waals surface area contributed by atoms with Crippen molar-refractivity contribution >= 4 is 22.9 Å². The number of halogens is 1. The van der Waals surface area contributed by atoms with Gasteiger partial charge in [0.25, 0.3) is 0 Å². The van der Waals surface area contributed by atoms with Crippen LogP contribution >= 0.6 is 12.2 Å². The van der Waals surface area contributed by atoms with E-state index in [4.69, 9.17) is 27.4 Å². The molecule has 6 heteroatoms. The second-order valence-electron chi connectivity index (χ2n) is 3.59. The molecule has 0 saturated heterocycles. The molecule has 1 aromatic carbocycles. The molecule has 100 valence electrons. The lowest BCUT2D eigenvalue weighted by Crippen LogP contribution is -2.16. The first-order valence-electron chi connectivity index (χ1n) is 5.55. The van der Waals surface area contributed by atoms with Crippen molar-refractivity contribution in [2.75, 3.05) is 38.8 Å². The van der Waals surface area contributed by atoms with Gasteiger partial charge in [-0.2, -0.15) is 0 Å². The van der Waals surface area contributed by atoms with E-state index in [9.17, 15) is 4.39 Å². The maximum absolute atomic E-state index is 13.1. The van der Waals surface area contributed by atoms with Crippen molar-refractivity contribution in [2.45, 2.75) is 0 Å². The molecular formula is C12H17FN2O2S. The number of methoxy groups -OCH3 is 1. The van der Waals surface area contributed by atoms with Crippen LogP contribution in [0.15, 0.2) is 18.2 Å². The van der Waals surface area contributed by atoms with Gasteiger partial charge in [0.15, 0.2) is 0 Å². The summed E-state index contributed by atoms with van der Waals surface area (Å²) in [5.41, 5.74) is 6.74. The van der Waals surface area contributed by atoms with Gasteiger partial charge >= 0.3 is 0 Å². The highest BCUT2D eigenvalue weighted by molar-refractivity contribution is 7.80. The number of benzene rings is 1. The van der Waals surface area contributed by atoms with Crippen LogP contribution in [-0.4, -0.2) is 38.5 Å². The average molecular weight is 272 g/mol. The van der Waals surface area contributed by atoms with Crippen molar-refractivity contribution in [3.8, 4) is 0 Å². The molecule has 0 radical (unpaired) electrons. The summed E-state index contributed by atoms with van der Waals surface area (Å²) in [5, 5.41) is 3.10. The molecular weight excluding hydrogens is 255 g/mol. The van der Waals surface area contributed by atoms with Crippen LogP contribution in [0.2, 0.25) is 0 Å². The van der Waals surface area contributed by atoms with Crippen LogP contribution < -0.4 is 11.1 Å². The first-order valence-corrected chi connectivity index (χ1v) is 5.96. The fraction of sp³-hybridized carbons (Fsp3) is 0.417. The van der Waals surface area contributed by atoms with Crippen molar-refractivity contribution in [3.05, 3.63) is 29.6 Å². The van der Waals surface area contributed by atoms with Gasteiger partial charge in [0.1, 0.15) is 10.8 Å². The number of rotatable bonds is 8. The Balaban J connectivity index is 2.44. The predicted molar refractivity (Wildman–Crippen MR) is 73.5 cm³/mol. The highest BCUT2D eigenvalue weighted by Gasteiger charge is 2.06. The van der Waals surface area contributed by atoms with E-state index in [0.717, 1.165) is 0 Å². The van der Waals surface area contributed by atoms with E-state index in [1.165, 1.54) is 12.1 Å². The molecule has 0 aromatic heterocycles. The first-order chi connectivity index (χ1) is 8.65. The fourth-order valence-corrected chi connectivity index (χ4v) is 1.55. The largest absolute Gasteiger partial charge is 0.389 e. The van der Waals surface area contributed by atoms with E-state index in [1.807, 2.05) is 0 Å². The zero-order valence-corrected chi connectivity index (χ0v) is 11.1. The van der Waals surface area contributed by atoms with E-state index in [-0.39, 0.29) is 10.8 Å². The summed E-state index contributed by atoms with van der Waals surface area (Å²) in [6.45, 7) is 2.22. The lowest BCUT2D eigenvalue weighted by atomic mass is 10.1. The number of anilines is 1. The van der Waals surface area contributed by atoms with Crippen molar-refractivity contribution in [2.24, 2.45) is 5.73 Å². The smallest absolute Gasteiger partial charge is 0.124 e. The summed E-state index contributed by atoms with van der Waals surface area (Å²) < 4.78 is 23.2. The number of nitrogens with one attached hydrogen (secondary N) is 1. The third-order valence-electron chi connectivity index (χ3n) is 2.24. The third kappa shape index (κ3) is 4.95. The second-order valence-corrected chi connectivity index (χ2v) is 4.03. The van der Waals surface area contributed by atoms with Gasteiger partial charge in [0, 0.05) is 24.9 Å². The summed E-state index contributed by atoms with van der Waals surface area (Å²) >= 11 is 4.87. The van der Waals surface area contributed by atoms with Crippen LogP contribution in [0.25, 0.3) is 0 Å². The van der Waals surface area contributed by atoms with Crippen molar-refractivity contribution in [1.82, 2.24) is 0 Å². The first kappa shape index (κ1) is 14.8. The topological polar surface area (TPSA) is 56.5 Å². The average Bonchev–Trinajstić information content (AvgIpc) is 2.35. The third-order valence-corrected chi connectivity index (χ3v) is 2.46. The molecule has 3 N–H and O–H groups in total. The zero-order chi connectivity index (χ0) is 13.4. The Morgan fingerprint density at radius 1 is 1.39 bits per heavy atom. The molecule has 0 bridgehead atoms. The second kappa shape index (κ2) is 7.97. The molecule has 0 atom stereocenters. The van der Waals surface area contributed by atoms with Gasteiger partial charge in [-0.1, -0.05) is 12.2 Å². The Bertz CT molecular complexity index is 402. The van der Waals surface area contributed by atoms with Crippen LogP contribution in [0.3, 0.4) is 0 Å². The minimum atomic E-state index is -0.361. The van der Waals surface area contributed by atoms with Gasteiger partial charge < -0.3 is 20.5 Å². The summed E-state index contributed by atoms with van der Waals surface area (Å²) in [7, 11) is 1.62. The number of thiocarbonyl (C=S) groups is 1. The predicted octanol–water partition coefficient (Wildman–Crippen LogP) is 1.53. The van der Waals surface area contributed by atoms with E-state index >= 15 is 0 Å². The van der Waals surface area contributed by atoms with Crippen LogP contribution in [-0.2, 0) is 9.47 Å². The van der Waals surface area contributed by atoms with Gasteiger partial charge in [0.05, 0.1) is 19.8 Å². The summed E-state index contributed by atoms with van der Waals surface area (Å²) in [6, 6.07) is 4.28. The number of hydrogen-bond donors (Lipinski definition) is 2. The molecule has 0 spiro atoms. The summed E-state index contributed by atoms with van der Waals surface area (Å²) in [4.78, 5) is 0.164. The monoisotopic (exact) mass is 272 g/mol. The summed E-state index contributed by atoms with van der Waals surface area (Å²) in [5.74, 6) is -0.361. The molecule has 0 saturated carbocycles. The van der Waals surface area contributed by atoms with E-state index < -0.39 is 0 Å². The minimum Gasteiger partial charge on any atom is -0.389 e. The van der Waals surface area contributed by atoms with E-state index in [1.54, 1.807) is 13.2 Å². The maximum atomic E-state index is 13.1. The van der Waals surface area contributed by atoms with Crippen LogP contribution in [0.4, 0.5) is 10.1 Å². The molecule has 1 aromatic rings. The van der Waals surface area contributed by atoms with Crippen LogP contribution in [0.5, 0.6) is 0 Å². The Hall–Kier alpha value is -1.24. The molecule has 18 heavy (non-hydrogen) atoms. The highest BCUT2D eigenvalue weighted by Crippen LogP contribution is 2.16. The molecule has 0 aliphatic heterocycles. The van der Waals surface area contributed by atoms with E-state index in [0.29, 0.717) is 37.6 Å². The Morgan fingerprint density at radius 3 is 2.83 bits per heavy atom. The quantitative estimate of drug-likeness (QED) is 0.555. The fourth-order valence-electron chi connectivity index (χ4n) is 1.38. The normalized spacial score (nSPS) is 10.3. The number of ether oxygens (including phenoxy) is 2. The molecule has 1 rings (SSSR count). The number of hydrogen-bond acceptors (Lipinski definition) is 4.